The molecule has 11 heavy (non-hydrogen) atoms. The summed E-state index contributed by atoms with van der Waals surface area (Å²) in [5.41, 5.74) is 0. The van der Waals surface area contributed by atoms with Crippen LogP contribution < -0.4 is 5.11 Å². The summed E-state index contributed by atoms with van der Waals surface area (Å²) in [7, 11) is 3.79. The van der Waals surface area contributed by atoms with Crippen LogP contribution in [0.1, 0.15) is 0 Å². The number of carboxylic acids is 1. The van der Waals surface area contributed by atoms with Crippen molar-refractivity contribution >= 4 is 5.97 Å². The summed E-state index contributed by atoms with van der Waals surface area (Å²) in [4.78, 5) is 10.4. The number of quaternary nitrogens is 1. The summed E-state index contributed by atoms with van der Waals surface area (Å²) in [5, 5.41) is 19.7. The Morgan fingerprint density at radius 3 is 2.27 bits per heavy atom. The van der Waals surface area contributed by atoms with Gasteiger partial charge in [0.1, 0.15) is 12.6 Å². The number of aliphatic hydroxyl groups is 1. The van der Waals surface area contributed by atoms with Gasteiger partial charge in [0.15, 0.2) is 0 Å². The molecule has 1 rings (SSSR count). The van der Waals surface area contributed by atoms with Crippen LogP contribution in [0.25, 0.3) is 0 Å². The van der Waals surface area contributed by atoms with Crippen LogP contribution in [-0.2, 0) is 4.79 Å². The summed E-state index contributed by atoms with van der Waals surface area (Å²) in [6, 6.07) is 0. The molecular weight excluding hydrogens is 146 g/mol. The van der Waals surface area contributed by atoms with Crippen molar-refractivity contribution in [1.29, 1.82) is 0 Å². The molecule has 0 aliphatic carbocycles. The maximum Gasteiger partial charge on any atom is 0.116 e. The van der Waals surface area contributed by atoms with E-state index in [1.807, 2.05) is 14.1 Å². The molecule has 4 heteroatoms. The molecule has 64 valence electrons. The molecule has 0 aromatic rings. The average molecular weight is 159 g/mol. The Labute approximate surface area is 65.6 Å². The number of rotatable bonds is 1. The predicted octanol–water partition coefficient (Wildman–Crippen LogP) is -2.20. The van der Waals surface area contributed by atoms with Crippen molar-refractivity contribution in [3.05, 3.63) is 0 Å². The van der Waals surface area contributed by atoms with Crippen molar-refractivity contribution in [3.8, 4) is 0 Å². The molecule has 2 atom stereocenters. The summed E-state index contributed by atoms with van der Waals surface area (Å²) in [6.45, 7) is 0.960. The molecule has 1 heterocycles. The molecule has 1 aliphatic heterocycles. The van der Waals surface area contributed by atoms with Gasteiger partial charge >= 0.3 is 0 Å². The minimum absolute atomic E-state index is 0.462. The zero-order valence-corrected chi connectivity index (χ0v) is 6.78. The van der Waals surface area contributed by atoms with E-state index in [0.29, 0.717) is 17.6 Å². The number of likely N-dealkylation sites (tertiary alicyclic amines) is 1. The van der Waals surface area contributed by atoms with Gasteiger partial charge in [-0.25, -0.2) is 0 Å². The molecule has 0 aromatic heterocycles. The molecular formula is C7H13NO3. The summed E-state index contributed by atoms with van der Waals surface area (Å²) < 4.78 is 0.555. The lowest BCUT2D eigenvalue weighted by Gasteiger charge is -2.22. The van der Waals surface area contributed by atoms with Gasteiger partial charge < -0.3 is 19.5 Å². The average Bonchev–Trinajstić information content (AvgIpc) is 2.05. The van der Waals surface area contributed by atoms with Crippen molar-refractivity contribution in [2.75, 3.05) is 27.2 Å². The van der Waals surface area contributed by atoms with Gasteiger partial charge in [-0.1, -0.05) is 0 Å². The third-order valence-corrected chi connectivity index (χ3v) is 2.14. The molecule has 0 aromatic carbocycles. The van der Waals surface area contributed by atoms with Crippen LogP contribution in [0.5, 0.6) is 0 Å². The lowest BCUT2D eigenvalue weighted by Crippen LogP contribution is -2.40. The summed E-state index contributed by atoms with van der Waals surface area (Å²) in [5.74, 6) is -1.83. The van der Waals surface area contributed by atoms with Crippen molar-refractivity contribution in [2.45, 2.75) is 6.10 Å². The Bertz CT molecular complexity index is 179. The van der Waals surface area contributed by atoms with Crippen LogP contribution in [0.3, 0.4) is 0 Å². The van der Waals surface area contributed by atoms with Gasteiger partial charge in [0.2, 0.25) is 0 Å². The minimum atomic E-state index is -1.14. The van der Waals surface area contributed by atoms with E-state index in [-0.39, 0.29) is 0 Å². The molecule has 1 saturated heterocycles. The highest BCUT2D eigenvalue weighted by Crippen LogP contribution is 2.19. The fourth-order valence-electron chi connectivity index (χ4n) is 1.59. The fourth-order valence-corrected chi connectivity index (χ4v) is 1.59. The number of carbonyl (C=O) groups excluding carboxylic acids is 1. The highest BCUT2D eigenvalue weighted by molar-refractivity contribution is 5.68. The predicted molar refractivity (Wildman–Crippen MR) is 36.3 cm³/mol. The molecule has 0 amide bonds. The Kier molecular flexibility index (Phi) is 1.90. The second-order valence-electron chi connectivity index (χ2n) is 3.79. The molecule has 0 spiro atoms. The van der Waals surface area contributed by atoms with E-state index in [9.17, 15) is 15.0 Å². The zero-order chi connectivity index (χ0) is 8.65. The molecule has 1 aliphatic rings. The minimum Gasteiger partial charge on any atom is -0.550 e. The Balaban J connectivity index is 2.66. The number of aliphatic carboxylic acids is 1. The number of likely N-dealkylation sites (N-methyl/N-ethyl adjacent to an activating group) is 1. The first-order chi connectivity index (χ1) is 4.92. The van der Waals surface area contributed by atoms with Crippen LogP contribution in [0, 0.1) is 5.92 Å². The second kappa shape index (κ2) is 2.46. The SMILES string of the molecule is C[N+]1(C)C[C@H](O)[C@H](C(=O)[O-])C1. The van der Waals surface area contributed by atoms with Gasteiger partial charge in [-0.2, -0.15) is 0 Å². The van der Waals surface area contributed by atoms with Crippen molar-refractivity contribution < 1.29 is 19.5 Å². The first kappa shape index (κ1) is 8.49. The molecule has 0 radical (unpaired) electrons. The number of aliphatic hydroxyl groups excluding tert-OH is 1. The van der Waals surface area contributed by atoms with Gasteiger partial charge in [-0.3, -0.25) is 0 Å². The van der Waals surface area contributed by atoms with Gasteiger partial charge in [0.05, 0.1) is 32.5 Å². The van der Waals surface area contributed by atoms with E-state index in [1.165, 1.54) is 0 Å². The first-order valence-electron chi connectivity index (χ1n) is 3.63. The number of hydrogen-bond donors (Lipinski definition) is 1. The normalized spacial score (nSPS) is 35.5. The molecule has 0 saturated carbocycles. The van der Waals surface area contributed by atoms with Gasteiger partial charge in [-0.15, -0.1) is 0 Å². The van der Waals surface area contributed by atoms with Gasteiger partial charge in [0, 0.05) is 0 Å². The maximum atomic E-state index is 10.4. The summed E-state index contributed by atoms with van der Waals surface area (Å²) in [6.07, 6.45) is -0.741. The summed E-state index contributed by atoms with van der Waals surface area (Å²) >= 11 is 0. The number of nitrogens with zero attached hydrogens (tertiary/aromatic N) is 1. The monoisotopic (exact) mass is 159 g/mol. The van der Waals surface area contributed by atoms with Crippen LogP contribution in [0.4, 0.5) is 0 Å². The zero-order valence-electron chi connectivity index (χ0n) is 6.78. The van der Waals surface area contributed by atoms with E-state index in [1.54, 1.807) is 0 Å². The van der Waals surface area contributed by atoms with E-state index in [2.05, 4.69) is 0 Å². The fraction of sp³-hybridized carbons (Fsp3) is 0.857. The van der Waals surface area contributed by atoms with Crippen LogP contribution in [-0.4, -0.2) is 48.8 Å². The third kappa shape index (κ3) is 1.70. The van der Waals surface area contributed by atoms with Gasteiger partial charge in [0.25, 0.3) is 0 Å². The van der Waals surface area contributed by atoms with E-state index in [0.717, 1.165) is 0 Å². The number of carbonyl (C=O) groups is 1. The maximum absolute atomic E-state index is 10.4. The molecule has 4 nitrogen and oxygen atoms in total. The topological polar surface area (TPSA) is 60.4 Å². The van der Waals surface area contributed by atoms with E-state index >= 15 is 0 Å². The van der Waals surface area contributed by atoms with Crippen molar-refractivity contribution in [3.63, 3.8) is 0 Å². The standard InChI is InChI=1S/C7H13NO3/c1-8(2)3-5(7(10)11)6(9)4-8/h5-6,9H,3-4H2,1-2H3/t5-,6+/m1/s1. The molecule has 1 fully saturated rings. The first-order valence-corrected chi connectivity index (χ1v) is 3.63. The lowest BCUT2D eigenvalue weighted by molar-refractivity contribution is -0.880. The Morgan fingerprint density at radius 1 is 1.55 bits per heavy atom. The Morgan fingerprint density at radius 2 is 2.09 bits per heavy atom. The molecule has 0 bridgehead atoms. The highest BCUT2D eigenvalue weighted by Gasteiger charge is 2.39. The molecule has 1 N–H and O–H groups in total. The van der Waals surface area contributed by atoms with Gasteiger partial charge in [-0.05, 0) is 0 Å². The highest BCUT2D eigenvalue weighted by atomic mass is 16.4. The smallest absolute Gasteiger partial charge is 0.116 e. The van der Waals surface area contributed by atoms with Crippen LogP contribution in [0.15, 0.2) is 0 Å². The third-order valence-electron chi connectivity index (χ3n) is 2.14. The largest absolute Gasteiger partial charge is 0.550 e. The number of carboxylic acid groups (broad SMARTS) is 1. The van der Waals surface area contributed by atoms with Crippen molar-refractivity contribution in [2.24, 2.45) is 5.92 Å². The number of hydrogen-bond acceptors (Lipinski definition) is 3. The van der Waals surface area contributed by atoms with E-state index in [4.69, 9.17) is 0 Å². The lowest BCUT2D eigenvalue weighted by atomic mass is 10.1. The van der Waals surface area contributed by atoms with Crippen LogP contribution in [0.2, 0.25) is 0 Å². The van der Waals surface area contributed by atoms with E-state index < -0.39 is 18.0 Å². The quantitative estimate of drug-likeness (QED) is 0.442. The molecule has 0 unspecified atom stereocenters. The van der Waals surface area contributed by atoms with Crippen molar-refractivity contribution in [1.82, 2.24) is 0 Å². The van der Waals surface area contributed by atoms with Crippen LogP contribution >= 0.6 is 0 Å². The second-order valence-corrected chi connectivity index (χ2v) is 3.79. The Hall–Kier alpha value is -0.610.